The van der Waals surface area contributed by atoms with E-state index >= 15 is 0 Å². The highest BCUT2D eigenvalue weighted by molar-refractivity contribution is 5.77. The van der Waals surface area contributed by atoms with Gasteiger partial charge >= 0.3 is 5.97 Å². The highest BCUT2D eigenvalue weighted by Gasteiger charge is 2.24. The van der Waals surface area contributed by atoms with Gasteiger partial charge in [0.05, 0.1) is 25.2 Å². The summed E-state index contributed by atoms with van der Waals surface area (Å²) in [4.78, 5) is 26.0. The maximum Gasteiger partial charge on any atom is 0.306 e. The molecule has 0 heterocycles. The standard InChI is InChI=1S/C51H97NO5/c1-4-7-10-13-16-19-22-24-25-26-27-29-31-34-37-40-43-49(54)48(46-53)52-50(55)45-47(42-39-36-33-30-28-23-20-17-14-11-8-5-2)57-51(56)44-41-38-35-32-21-18-15-12-9-6-3/h12,15,30,33,47-49,53-54H,4-11,13-14,16-29,31-32,34-46H2,1-3H3,(H,52,55)/b15-12-,33-30-. The van der Waals surface area contributed by atoms with Gasteiger partial charge in [-0.2, -0.15) is 0 Å². The van der Waals surface area contributed by atoms with E-state index < -0.39 is 18.2 Å². The van der Waals surface area contributed by atoms with Crippen molar-refractivity contribution in [2.75, 3.05) is 6.61 Å². The number of aliphatic hydroxyl groups is 2. The summed E-state index contributed by atoms with van der Waals surface area (Å²) in [7, 11) is 0. The number of ether oxygens (including phenoxy) is 1. The minimum Gasteiger partial charge on any atom is -0.462 e. The molecule has 57 heavy (non-hydrogen) atoms. The number of esters is 1. The van der Waals surface area contributed by atoms with Crippen LogP contribution in [0.3, 0.4) is 0 Å². The molecular weight excluding hydrogens is 707 g/mol. The van der Waals surface area contributed by atoms with Crippen molar-refractivity contribution in [2.45, 2.75) is 283 Å². The summed E-state index contributed by atoms with van der Waals surface area (Å²) in [6.07, 6.45) is 51.0. The monoisotopic (exact) mass is 804 g/mol. The summed E-state index contributed by atoms with van der Waals surface area (Å²) in [5, 5.41) is 23.7. The molecule has 0 aromatic carbocycles. The van der Waals surface area contributed by atoms with Crippen LogP contribution in [0.5, 0.6) is 0 Å². The van der Waals surface area contributed by atoms with E-state index in [-0.39, 0.29) is 24.9 Å². The topological polar surface area (TPSA) is 95.9 Å². The average Bonchev–Trinajstić information content (AvgIpc) is 3.20. The Morgan fingerprint density at radius 3 is 1.35 bits per heavy atom. The van der Waals surface area contributed by atoms with Crippen molar-refractivity contribution < 1.29 is 24.5 Å². The van der Waals surface area contributed by atoms with Crippen molar-refractivity contribution >= 4 is 11.9 Å². The molecule has 0 spiro atoms. The van der Waals surface area contributed by atoms with Crippen molar-refractivity contribution in [1.82, 2.24) is 5.32 Å². The molecule has 0 aliphatic rings. The summed E-state index contributed by atoms with van der Waals surface area (Å²) < 4.78 is 5.89. The summed E-state index contributed by atoms with van der Waals surface area (Å²) in [6.45, 7) is 6.42. The van der Waals surface area contributed by atoms with Crippen LogP contribution in [0, 0.1) is 0 Å². The van der Waals surface area contributed by atoms with Gasteiger partial charge in [0.15, 0.2) is 0 Å². The largest absolute Gasteiger partial charge is 0.462 e. The number of carbonyl (C=O) groups excluding carboxylic acids is 2. The number of allylic oxidation sites excluding steroid dienone is 4. The van der Waals surface area contributed by atoms with Crippen LogP contribution in [0.15, 0.2) is 24.3 Å². The third-order valence-corrected chi connectivity index (χ3v) is 11.5. The summed E-state index contributed by atoms with van der Waals surface area (Å²) >= 11 is 0. The number of hydrogen-bond donors (Lipinski definition) is 3. The molecule has 6 nitrogen and oxygen atoms in total. The molecular formula is C51H97NO5. The van der Waals surface area contributed by atoms with Crippen LogP contribution in [0.25, 0.3) is 0 Å². The van der Waals surface area contributed by atoms with Crippen molar-refractivity contribution in [3.63, 3.8) is 0 Å². The second kappa shape index (κ2) is 45.4. The normalized spacial score (nSPS) is 13.4. The minimum atomic E-state index is -0.791. The Hall–Kier alpha value is -1.66. The smallest absolute Gasteiger partial charge is 0.306 e. The van der Waals surface area contributed by atoms with E-state index in [9.17, 15) is 19.8 Å². The number of unbranched alkanes of at least 4 members (excludes halogenated alkanes) is 29. The van der Waals surface area contributed by atoms with Crippen molar-refractivity contribution in [3.8, 4) is 0 Å². The fourth-order valence-corrected chi connectivity index (χ4v) is 7.67. The van der Waals surface area contributed by atoms with E-state index in [0.717, 1.165) is 64.2 Å². The van der Waals surface area contributed by atoms with Crippen molar-refractivity contribution in [2.24, 2.45) is 0 Å². The van der Waals surface area contributed by atoms with Gasteiger partial charge in [0.1, 0.15) is 6.10 Å². The molecule has 0 saturated heterocycles. The van der Waals surface area contributed by atoms with Crippen LogP contribution in [0.4, 0.5) is 0 Å². The molecule has 3 N–H and O–H groups in total. The maximum absolute atomic E-state index is 13.2. The molecule has 3 unspecified atom stereocenters. The second-order valence-electron chi connectivity index (χ2n) is 17.2. The van der Waals surface area contributed by atoms with Crippen LogP contribution >= 0.6 is 0 Å². The first-order valence-corrected chi connectivity index (χ1v) is 25.1. The predicted molar refractivity (Wildman–Crippen MR) is 246 cm³/mol. The molecule has 0 aliphatic heterocycles. The Labute approximate surface area is 354 Å². The Morgan fingerprint density at radius 1 is 0.491 bits per heavy atom. The molecule has 0 saturated carbocycles. The lowest BCUT2D eigenvalue weighted by Crippen LogP contribution is -2.46. The Morgan fingerprint density at radius 2 is 0.895 bits per heavy atom. The number of amides is 1. The first kappa shape index (κ1) is 55.3. The number of rotatable bonds is 45. The van der Waals surface area contributed by atoms with Crippen molar-refractivity contribution in [1.29, 1.82) is 0 Å². The van der Waals surface area contributed by atoms with Gasteiger partial charge in [-0.1, -0.05) is 212 Å². The minimum absolute atomic E-state index is 0.0568. The molecule has 0 aliphatic carbocycles. The van der Waals surface area contributed by atoms with Crippen molar-refractivity contribution in [3.05, 3.63) is 24.3 Å². The molecule has 0 aromatic heterocycles. The van der Waals surface area contributed by atoms with Crippen LogP contribution in [0.1, 0.15) is 265 Å². The number of nitrogens with one attached hydrogen (secondary N) is 1. The second-order valence-corrected chi connectivity index (χ2v) is 17.2. The fraction of sp³-hybridized carbons (Fsp3) is 0.882. The van der Waals surface area contributed by atoms with E-state index in [2.05, 4.69) is 50.4 Å². The van der Waals surface area contributed by atoms with E-state index in [1.165, 1.54) is 154 Å². The lowest BCUT2D eigenvalue weighted by Gasteiger charge is -2.24. The summed E-state index contributed by atoms with van der Waals surface area (Å²) in [5.41, 5.74) is 0. The molecule has 0 bridgehead atoms. The molecule has 336 valence electrons. The maximum atomic E-state index is 13.2. The first-order valence-electron chi connectivity index (χ1n) is 25.1. The lowest BCUT2D eigenvalue weighted by molar-refractivity contribution is -0.151. The van der Waals surface area contributed by atoms with Gasteiger partial charge in [0, 0.05) is 6.42 Å². The number of aliphatic hydroxyl groups excluding tert-OH is 2. The van der Waals surface area contributed by atoms with Gasteiger partial charge in [-0.25, -0.2) is 0 Å². The molecule has 3 atom stereocenters. The van der Waals surface area contributed by atoms with E-state index in [1.807, 2.05) is 0 Å². The van der Waals surface area contributed by atoms with Gasteiger partial charge in [-0.15, -0.1) is 0 Å². The Bertz CT molecular complexity index is 904. The Kier molecular flexibility index (Phi) is 44.1. The van der Waals surface area contributed by atoms with Gasteiger partial charge in [0.25, 0.3) is 0 Å². The van der Waals surface area contributed by atoms with Gasteiger partial charge < -0.3 is 20.3 Å². The lowest BCUT2D eigenvalue weighted by atomic mass is 10.0. The van der Waals surface area contributed by atoms with Crippen LogP contribution < -0.4 is 5.32 Å². The van der Waals surface area contributed by atoms with E-state index in [4.69, 9.17) is 4.74 Å². The first-order chi connectivity index (χ1) is 28.0. The third kappa shape index (κ3) is 40.9. The van der Waals surface area contributed by atoms with Gasteiger partial charge in [0.2, 0.25) is 5.91 Å². The average molecular weight is 804 g/mol. The van der Waals surface area contributed by atoms with E-state index in [1.54, 1.807) is 0 Å². The Balaban J connectivity index is 4.51. The summed E-state index contributed by atoms with van der Waals surface area (Å²) in [6, 6.07) is -0.707. The molecule has 0 fully saturated rings. The number of carbonyl (C=O) groups is 2. The highest BCUT2D eigenvalue weighted by Crippen LogP contribution is 2.17. The quantitative estimate of drug-likeness (QED) is 0.0324. The molecule has 0 rings (SSSR count). The zero-order valence-electron chi connectivity index (χ0n) is 38.2. The van der Waals surface area contributed by atoms with Gasteiger partial charge in [-0.3, -0.25) is 9.59 Å². The zero-order valence-corrected chi connectivity index (χ0v) is 38.2. The molecule has 6 heteroatoms. The number of hydrogen-bond acceptors (Lipinski definition) is 5. The molecule has 0 aromatic rings. The molecule has 0 radical (unpaired) electrons. The highest BCUT2D eigenvalue weighted by atomic mass is 16.5. The zero-order chi connectivity index (χ0) is 41.7. The SMILES string of the molecule is CCC/C=C\CCCCCCCC(=O)OC(CCC/C=C\CCCCCCCCC)CC(=O)NC(CO)C(O)CCCCCCCCCCCCCCCCCC. The fourth-order valence-electron chi connectivity index (χ4n) is 7.67. The third-order valence-electron chi connectivity index (χ3n) is 11.5. The van der Waals surface area contributed by atoms with Crippen LogP contribution in [-0.2, 0) is 14.3 Å². The predicted octanol–water partition coefficient (Wildman–Crippen LogP) is 14.7. The van der Waals surface area contributed by atoms with E-state index in [0.29, 0.717) is 19.3 Å². The molecule has 1 amide bonds. The summed E-state index contributed by atoms with van der Waals surface area (Å²) in [5.74, 6) is -0.507. The van der Waals surface area contributed by atoms with Gasteiger partial charge in [-0.05, 0) is 64.2 Å². The van der Waals surface area contributed by atoms with Crippen LogP contribution in [-0.4, -0.2) is 46.9 Å². The van der Waals surface area contributed by atoms with Crippen LogP contribution in [0.2, 0.25) is 0 Å².